The molecule has 2 aromatic carbocycles. The van der Waals surface area contributed by atoms with Crippen molar-refractivity contribution in [2.45, 2.75) is 25.0 Å². The molecule has 118 valence electrons. The summed E-state index contributed by atoms with van der Waals surface area (Å²) >= 11 is 5.96. The maximum absolute atomic E-state index is 11.2. The van der Waals surface area contributed by atoms with Crippen molar-refractivity contribution in [1.82, 2.24) is 14.8 Å². The third kappa shape index (κ3) is 3.44. The van der Waals surface area contributed by atoms with Gasteiger partial charge in [0.05, 0.1) is 6.04 Å². The molecule has 1 N–H and O–H groups in total. The Kier molecular flexibility index (Phi) is 4.46. The fourth-order valence-corrected chi connectivity index (χ4v) is 2.87. The second kappa shape index (κ2) is 6.52. The second-order valence-electron chi connectivity index (χ2n) is 5.74. The maximum Gasteiger partial charge on any atom is 0.137 e. The van der Waals surface area contributed by atoms with Gasteiger partial charge in [0.15, 0.2) is 0 Å². The first kappa shape index (κ1) is 15.7. The molecule has 0 unspecified atom stereocenters. The zero-order valence-corrected chi connectivity index (χ0v) is 13.6. The maximum atomic E-state index is 11.2. The van der Waals surface area contributed by atoms with E-state index in [0.29, 0.717) is 11.4 Å². The smallest absolute Gasteiger partial charge is 0.137 e. The van der Waals surface area contributed by atoms with Gasteiger partial charge in [0.1, 0.15) is 18.3 Å². The Morgan fingerprint density at radius 3 is 2.43 bits per heavy atom. The van der Waals surface area contributed by atoms with Crippen LogP contribution < -0.4 is 0 Å². The van der Waals surface area contributed by atoms with Crippen LogP contribution in [0.25, 0.3) is 0 Å². The van der Waals surface area contributed by atoms with Crippen molar-refractivity contribution in [2.75, 3.05) is 0 Å². The van der Waals surface area contributed by atoms with E-state index in [0.717, 1.165) is 11.1 Å². The Morgan fingerprint density at radius 1 is 1.13 bits per heavy atom. The van der Waals surface area contributed by atoms with Gasteiger partial charge in [-0.1, -0.05) is 54.1 Å². The lowest BCUT2D eigenvalue weighted by molar-refractivity contribution is -0.00474. The summed E-state index contributed by atoms with van der Waals surface area (Å²) < 4.78 is 1.71. The van der Waals surface area contributed by atoms with Crippen LogP contribution in [0.5, 0.6) is 0 Å². The average molecular weight is 328 g/mol. The van der Waals surface area contributed by atoms with Gasteiger partial charge in [-0.3, -0.25) is 0 Å². The molecule has 5 heteroatoms. The van der Waals surface area contributed by atoms with E-state index >= 15 is 0 Å². The fourth-order valence-electron chi connectivity index (χ4n) is 2.74. The van der Waals surface area contributed by atoms with E-state index in [4.69, 9.17) is 11.6 Å². The quantitative estimate of drug-likeness (QED) is 0.778. The van der Waals surface area contributed by atoms with Crippen molar-refractivity contribution >= 4 is 11.6 Å². The molecule has 0 fully saturated rings. The topological polar surface area (TPSA) is 50.9 Å². The molecule has 0 saturated heterocycles. The fraction of sp³-hybridized carbons (Fsp3) is 0.222. The minimum absolute atomic E-state index is 0.284. The molecule has 23 heavy (non-hydrogen) atoms. The van der Waals surface area contributed by atoms with E-state index in [1.165, 1.54) is 6.33 Å². The lowest BCUT2D eigenvalue weighted by Gasteiger charge is -2.33. The number of rotatable bonds is 5. The zero-order valence-electron chi connectivity index (χ0n) is 12.8. The molecule has 1 aromatic heterocycles. The van der Waals surface area contributed by atoms with Gasteiger partial charge in [0.25, 0.3) is 0 Å². The zero-order chi connectivity index (χ0) is 16.3. The van der Waals surface area contributed by atoms with Crippen molar-refractivity contribution in [3.05, 3.63) is 83.4 Å². The molecule has 0 saturated carbocycles. The van der Waals surface area contributed by atoms with Crippen molar-refractivity contribution in [3.63, 3.8) is 0 Å². The third-order valence-electron chi connectivity index (χ3n) is 4.11. The molecule has 3 aromatic rings. The summed E-state index contributed by atoms with van der Waals surface area (Å²) in [4.78, 5) is 4.03. The van der Waals surface area contributed by atoms with Crippen LogP contribution in [0.15, 0.2) is 67.3 Å². The van der Waals surface area contributed by atoms with Crippen LogP contribution in [0.1, 0.15) is 24.1 Å². The normalized spacial score (nSPS) is 15.1. The number of hydrogen-bond acceptors (Lipinski definition) is 3. The second-order valence-corrected chi connectivity index (χ2v) is 6.17. The minimum Gasteiger partial charge on any atom is -0.383 e. The standard InChI is InChI=1S/C18H18ClN3O/c1-18(23,15-5-3-2-4-6-15)17(22-13-20-12-21-22)11-14-7-9-16(19)10-8-14/h2-10,12-13,17,23H,11H2,1H3/t17-,18+/m1/s1. The van der Waals surface area contributed by atoms with Crippen LogP contribution >= 0.6 is 11.6 Å². The highest BCUT2D eigenvalue weighted by Crippen LogP contribution is 2.35. The van der Waals surface area contributed by atoms with Gasteiger partial charge in [-0.2, -0.15) is 5.10 Å². The number of aliphatic hydroxyl groups is 1. The summed E-state index contributed by atoms with van der Waals surface area (Å²) in [6.07, 6.45) is 3.73. The van der Waals surface area contributed by atoms with Crippen molar-refractivity contribution in [1.29, 1.82) is 0 Å². The molecule has 0 spiro atoms. The molecule has 0 amide bonds. The average Bonchev–Trinajstić information content (AvgIpc) is 3.09. The lowest BCUT2D eigenvalue weighted by atomic mass is 9.85. The lowest BCUT2D eigenvalue weighted by Crippen LogP contribution is -2.35. The Balaban J connectivity index is 1.97. The summed E-state index contributed by atoms with van der Waals surface area (Å²) in [7, 11) is 0. The summed E-state index contributed by atoms with van der Waals surface area (Å²) in [6, 6.07) is 17.0. The largest absolute Gasteiger partial charge is 0.383 e. The monoisotopic (exact) mass is 327 g/mol. The molecule has 2 atom stereocenters. The first-order valence-electron chi connectivity index (χ1n) is 7.44. The molecule has 0 aliphatic rings. The summed E-state index contributed by atoms with van der Waals surface area (Å²) in [5, 5.41) is 16.2. The van der Waals surface area contributed by atoms with Gasteiger partial charge in [-0.05, 0) is 36.6 Å². The van der Waals surface area contributed by atoms with Crippen LogP contribution in [0.3, 0.4) is 0 Å². The summed E-state index contributed by atoms with van der Waals surface area (Å²) in [5.74, 6) is 0. The highest BCUT2D eigenvalue weighted by Gasteiger charge is 2.35. The molecular formula is C18H18ClN3O. The van der Waals surface area contributed by atoms with E-state index in [2.05, 4.69) is 10.1 Å². The highest BCUT2D eigenvalue weighted by molar-refractivity contribution is 6.30. The Hall–Kier alpha value is -2.17. The number of hydrogen-bond donors (Lipinski definition) is 1. The number of benzene rings is 2. The van der Waals surface area contributed by atoms with Gasteiger partial charge in [-0.15, -0.1) is 0 Å². The first-order valence-corrected chi connectivity index (χ1v) is 7.81. The van der Waals surface area contributed by atoms with E-state index in [-0.39, 0.29) is 6.04 Å². The van der Waals surface area contributed by atoms with Crippen LogP contribution in [0, 0.1) is 0 Å². The molecule has 1 heterocycles. The Bertz CT molecular complexity index is 740. The van der Waals surface area contributed by atoms with Crippen LogP contribution in [0.2, 0.25) is 5.02 Å². The molecule has 0 aliphatic heterocycles. The molecule has 0 bridgehead atoms. The van der Waals surface area contributed by atoms with Gasteiger partial charge in [0, 0.05) is 5.02 Å². The molecule has 3 rings (SSSR count). The van der Waals surface area contributed by atoms with E-state index < -0.39 is 5.60 Å². The first-order chi connectivity index (χ1) is 11.1. The van der Waals surface area contributed by atoms with Crippen LogP contribution in [-0.2, 0) is 12.0 Å². The predicted molar refractivity (Wildman–Crippen MR) is 90.2 cm³/mol. The molecule has 0 radical (unpaired) electrons. The van der Waals surface area contributed by atoms with Crippen molar-refractivity contribution in [2.24, 2.45) is 0 Å². The summed E-state index contributed by atoms with van der Waals surface area (Å²) in [5.41, 5.74) is 0.828. The van der Waals surface area contributed by atoms with Gasteiger partial charge in [0.2, 0.25) is 0 Å². The minimum atomic E-state index is -1.09. The van der Waals surface area contributed by atoms with Gasteiger partial charge in [-0.25, -0.2) is 9.67 Å². The molecular weight excluding hydrogens is 310 g/mol. The highest BCUT2D eigenvalue weighted by atomic mass is 35.5. The number of aromatic nitrogens is 3. The van der Waals surface area contributed by atoms with E-state index in [1.807, 2.05) is 61.5 Å². The Labute approximate surface area is 140 Å². The van der Waals surface area contributed by atoms with Crippen LogP contribution in [0.4, 0.5) is 0 Å². The summed E-state index contributed by atoms with van der Waals surface area (Å²) in [6.45, 7) is 1.81. The predicted octanol–water partition coefficient (Wildman–Crippen LogP) is 3.62. The molecule has 0 aliphatic carbocycles. The Morgan fingerprint density at radius 2 is 1.83 bits per heavy atom. The van der Waals surface area contributed by atoms with E-state index in [1.54, 1.807) is 11.0 Å². The molecule has 4 nitrogen and oxygen atoms in total. The number of halogens is 1. The number of nitrogens with zero attached hydrogens (tertiary/aromatic N) is 3. The third-order valence-corrected chi connectivity index (χ3v) is 4.36. The van der Waals surface area contributed by atoms with Crippen LogP contribution in [-0.4, -0.2) is 19.9 Å². The van der Waals surface area contributed by atoms with Crippen molar-refractivity contribution < 1.29 is 5.11 Å². The SMILES string of the molecule is C[C@](O)(c1ccccc1)[C@@H](Cc1ccc(Cl)cc1)n1cncn1. The van der Waals surface area contributed by atoms with Gasteiger partial charge < -0.3 is 5.11 Å². The van der Waals surface area contributed by atoms with Crippen molar-refractivity contribution in [3.8, 4) is 0 Å². The van der Waals surface area contributed by atoms with E-state index in [9.17, 15) is 5.11 Å². The van der Waals surface area contributed by atoms with Gasteiger partial charge >= 0.3 is 0 Å².